The van der Waals surface area contributed by atoms with Crippen LogP contribution < -0.4 is 0 Å². The zero-order valence-electron chi connectivity index (χ0n) is 11.7. The van der Waals surface area contributed by atoms with E-state index >= 15 is 0 Å². The van der Waals surface area contributed by atoms with Gasteiger partial charge in [0.15, 0.2) is 6.10 Å². The Balaban J connectivity index is 2.15. The molecule has 1 amide bonds. The molecule has 2 heterocycles. The number of rotatable bonds is 4. The van der Waals surface area contributed by atoms with Gasteiger partial charge in [-0.05, 0) is 19.4 Å². The molecule has 1 aromatic heterocycles. The van der Waals surface area contributed by atoms with E-state index in [1.165, 1.54) is 11.2 Å². The third kappa shape index (κ3) is 3.01. The second-order valence-corrected chi connectivity index (χ2v) is 4.99. The number of aryl methyl sites for hydroxylation is 1. The zero-order valence-corrected chi connectivity index (χ0v) is 11.7. The molecular weight excluding hydrogens is 262 g/mol. The van der Waals surface area contributed by atoms with Gasteiger partial charge in [-0.2, -0.15) is 0 Å². The van der Waals surface area contributed by atoms with E-state index in [4.69, 9.17) is 14.3 Å². The van der Waals surface area contributed by atoms with Crippen molar-refractivity contribution in [3.63, 3.8) is 0 Å². The maximum Gasteiger partial charge on any atom is 0.334 e. The summed E-state index contributed by atoms with van der Waals surface area (Å²) in [7, 11) is 0. The highest BCUT2D eigenvalue weighted by Gasteiger charge is 2.33. The fourth-order valence-corrected chi connectivity index (χ4v) is 2.38. The van der Waals surface area contributed by atoms with Crippen molar-refractivity contribution in [1.82, 2.24) is 4.90 Å². The number of morpholine rings is 1. The summed E-state index contributed by atoms with van der Waals surface area (Å²) < 4.78 is 10.6. The average molecular weight is 281 g/mol. The number of carbonyl (C=O) groups is 2. The van der Waals surface area contributed by atoms with Gasteiger partial charge in [-0.3, -0.25) is 4.79 Å². The van der Waals surface area contributed by atoms with E-state index in [0.29, 0.717) is 24.3 Å². The third-order valence-corrected chi connectivity index (χ3v) is 3.28. The molecule has 1 aliphatic heterocycles. The zero-order chi connectivity index (χ0) is 14.7. The minimum atomic E-state index is -1.05. The maximum absolute atomic E-state index is 12.5. The number of hydrogen-bond donors (Lipinski definition) is 1. The standard InChI is InChI=1S/C14H19NO5/c1-3-4-11-10(5-6-19-11)13(16)15-7-9(2)20-12(8-15)14(17)18/h5-6,9,12H,3-4,7-8H2,1-2H3,(H,17,18)/t9-,12?/m1/s1. The van der Waals surface area contributed by atoms with Crippen molar-refractivity contribution in [3.05, 3.63) is 23.7 Å². The topological polar surface area (TPSA) is 80.0 Å². The highest BCUT2D eigenvalue weighted by Crippen LogP contribution is 2.19. The Morgan fingerprint density at radius 3 is 2.85 bits per heavy atom. The summed E-state index contributed by atoms with van der Waals surface area (Å²) in [5, 5.41) is 9.04. The third-order valence-electron chi connectivity index (χ3n) is 3.28. The molecule has 0 aromatic carbocycles. The van der Waals surface area contributed by atoms with Crippen molar-refractivity contribution in [2.24, 2.45) is 0 Å². The summed E-state index contributed by atoms with van der Waals surface area (Å²) in [6.45, 7) is 4.22. The summed E-state index contributed by atoms with van der Waals surface area (Å²) in [4.78, 5) is 25.1. The monoisotopic (exact) mass is 281 g/mol. The van der Waals surface area contributed by atoms with Crippen molar-refractivity contribution in [3.8, 4) is 0 Å². The van der Waals surface area contributed by atoms with E-state index in [-0.39, 0.29) is 18.6 Å². The molecule has 1 N–H and O–H groups in total. The van der Waals surface area contributed by atoms with Gasteiger partial charge in [0, 0.05) is 13.0 Å². The lowest BCUT2D eigenvalue weighted by Crippen LogP contribution is -2.51. The molecule has 1 saturated heterocycles. The molecule has 1 fully saturated rings. The van der Waals surface area contributed by atoms with E-state index in [2.05, 4.69) is 0 Å². The molecule has 0 saturated carbocycles. The molecule has 1 unspecified atom stereocenters. The first kappa shape index (κ1) is 14.6. The van der Waals surface area contributed by atoms with E-state index in [1.807, 2.05) is 6.92 Å². The lowest BCUT2D eigenvalue weighted by Gasteiger charge is -2.34. The van der Waals surface area contributed by atoms with Crippen LogP contribution in [-0.2, 0) is 16.0 Å². The Morgan fingerprint density at radius 2 is 2.20 bits per heavy atom. The summed E-state index contributed by atoms with van der Waals surface area (Å²) in [5.41, 5.74) is 0.519. The predicted octanol–water partition coefficient (Wildman–Crippen LogP) is 1.55. The SMILES string of the molecule is CCCc1occc1C(=O)N1CC(C(=O)O)O[C@H](C)C1. The van der Waals surface area contributed by atoms with Gasteiger partial charge in [-0.1, -0.05) is 6.92 Å². The van der Waals surface area contributed by atoms with Crippen LogP contribution in [0.1, 0.15) is 36.4 Å². The Bertz CT molecular complexity index is 496. The lowest BCUT2D eigenvalue weighted by molar-refractivity contribution is -0.160. The van der Waals surface area contributed by atoms with Crippen molar-refractivity contribution in [2.75, 3.05) is 13.1 Å². The Labute approximate surface area is 117 Å². The molecule has 0 aliphatic carbocycles. The molecule has 20 heavy (non-hydrogen) atoms. The van der Waals surface area contributed by atoms with Crippen LogP contribution in [0.25, 0.3) is 0 Å². The van der Waals surface area contributed by atoms with Crippen LogP contribution in [0.5, 0.6) is 0 Å². The van der Waals surface area contributed by atoms with E-state index in [1.54, 1.807) is 13.0 Å². The molecule has 2 rings (SSSR count). The van der Waals surface area contributed by atoms with Gasteiger partial charge < -0.3 is 19.2 Å². The fraction of sp³-hybridized carbons (Fsp3) is 0.571. The van der Waals surface area contributed by atoms with Gasteiger partial charge in [-0.15, -0.1) is 0 Å². The highest BCUT2D eigenvalue weighted by molar-refractivity contribution is 5.95. The van der Waals surface area contributed by atoms with Gasteiger partial charge in [-0.25, -0.2) is 4.79 Å². The normalized spacial score (nSPS) is 22.8. The molecule has 6 nitrogen and oxygen atoms in total. The van der Waals surface area contributed by atoms with Crippen LogP contribution in [0.15, 0.2) is 16.7 Å². The molecule has 0 spiro atoms. The Morgan fingerprint density at radius 1 is 1.45 bits per heavy atom. The van der Waals surface area contributed by atoms with Gasteiger partial charge in [0.05, 0.1) is 24.5 Å². The lowest BCUT2D eigenvalue weighted by atomic mass is 10.1. The number of nitrogens with zero attached hydrogens (tertiary/aromatic N) is 1. The second kappa shape index (κ2) is 6.09. The summed E-state index contributed by atoms with van der Waals surface area (Å²) in [5.74, 6) is -0.581. The smallest absolute Gasteiger partial charge is 0.334 e. The summed E-state index contributed by atoms with van der Waals surface area (Å²) >= 11 is 0. The van der Waals surface area contributed by atoms with Crippen LogP contribution in [0.3, 0.4) is 0 Å². The number of amides is 1. The average Bonchev–Trinajstić information content (AvgIpc) is 2.85. The number of carboxylic acids is 1. The number of carbonyl (C=O) groups excluding carboxylic acids is 1. The van der Waals surface area contributed by atoms with Crippen LogP contribution in [0, 0.1) is 0 Å². The minimum Gasteiger partial charge on any atom is -0.479 e. The van der Waals surface area contributed by atoms with Gasteiger partial charge in [0.25, 0.3) is 5.91 Å². The molecule has 2 atom stereocenters. The van der Waals surface area contributed by atoms with E-state index in [9.17, 15) is 9.59 Å². The first-order valence-electron chi connectivity index (χ1n) is 6.76. The highest BCUT2D eigenvalue weighted by atomic mass is 16.5. The number of hydrogen-bond acceptors (Lipinski definition) is 4. The van der Waals surface area contributed by atoms with Gasteiger partial charge in [0.2, 0.25) is 0 Å². The number of furan rings is 1. The maximum atomic E-state index is 12.5. The van der Waals surface area contributed by atoms with Gasteiger partial charge >= 0.3 is 5.97 Å². The first-order valence-corrected chi connectivity index (χ1v) is 6.76. The molecule has 0 bridgehead atoms. The molecule has 1 aliphatic rings. The van der Waals surface area contributed by atoms with Crippen molar-refractivity contribution < 1.29 is 23.8 Å². The fourth-order valence-electron chi connectivity index (χ4n) is 2.38. The summed E-state index contributed by atoms with van der Waals surface area (Å²) in [6.07, 6.45) is 1.80. The van der Waals surface area contributed by atoms with Crippen LogP contribution in [-0.4, -0.2) is 47.2 Å². The van der Waals surface area contributed by atoms with Crippen molar-refractivity contribution in [2.45, 2.75) is 38.9 Å². The van der Waals surface area contributed by atoms with Crippen LogP contribution >= 0.6 is 0 Å². The Kier molecular flexibility index (Phi) is 4.44. The van der Waals surface area contributed by atoms with Gasteiger partial charge in [0.1, 0.15) is 5.76 Å². The first-order chi connectivity index (χ1) is 9.52. The quantitative estimate of drug-likeness (QED) is 0.905. The summed E-state index contributed by atoms with van der Waals surface area (Å²) in [6, 6.07) is 1.64. The van der Waals surface area contributed by atoms with E-state index in [0.717, 1.165) is 6.42 Å². The molecular formula is C14H19NO5. The molecule has 1 aromatic rings. The van der Waals surface area contributed by atoms with Crippen molar-refractivity contribution in [1.29, 1.82) is 0 Å². The number of ether oxygens (including phenoxy) is 1. The molecule has 110 valence electrons. The second-order valence-electron chi connectivity index (χ2n) is 4.99. The molecule has 6 heteroatoms. The minimum absolute atomic E-state index is 0.0647. The predicted molar refractivity (Wildman–Crippen MR) is 70.6 cm³/mol. The molecule has 0 radical (unpaired) electrons. The Hall–Kier alpha value is -1.82. The number of aliphatic carboxylic acids is 1. The number of carboxylic acid groups (broad SMARTS) is 1. The van der Waals surface area contributed by atoms with Crippen LogP contribution in [0.2, 0.25) is 0 Å². The van der Waals surface area contributed by atoms with Crippen LogP contribution in [0.4, 0.5) is 0 Å². The largest absolute Gasteiger partial charge is 0.479 e. The van der Waals surface area contributed by atoms with Crippen molar-refractivity contribution >= 4 is 11.9 Å². The van der Waals surface area contributed by atoms with E-state index < -0.39 is 12.1 Å².